The minimum absolute atomic E-state index is 0.217. The first-order valence-electron chi connectivity index (χ1n) is 6.74. The van der Waals surface area contributed by atoms with Crippen LogP contribution in [-0.2, 0) is 5.75 Å². The van der Waals surface area contributed by atoms with Crippen LogP contribution in [0.25, 0.3) is 0 Å². The molecule has 1 N–H and O–H groups in total. The quantitative estimate of drug-likeness (QED) is 0.709. The van der Waals surface area contributed by atoms with Crippen LogP contribution in [0.2, 0.25) is 0 Å². The van der Waals surface area contributed by atoms with Crippen LogP contribution >= 0.6 is 23.1 Å². The van der Waals surface area contributed by atoms with Gasteiger partial charge in [0.25, 0.3) is 5.91 Å². The van der Waals surface area contributed by atoms with E-state index < -0.39 is 0 Å². The summed E-state index contributed by atoms with van der Waals surface area (Å²) < 4.78 is 5.09. The number of hydrogen-bond acceptors (Lipinski definition) is 8. The minimum Gasteiger partial charge on any atom is -0.338 e. The van der Waals surface area contributed by atoms with Crippen LogP contribution < -0.4 is 5.32 Å². The molecule has 9 heteroatoms. The van der Waals surface area contributed by atoms with E-state index in [4.69, 9.17) is 4.52 Å². The Morgan fingerprint density at radius 1 is 1.30 bits per heavy atom. The zero-order valence-electron chi connectivity index (χ0n) is 12.4. The van der Waals surface area contributed by atoms with Gasteiger partial charge in [0.1, 0.15) is 5.01 Å². The molecule has 1 aromatic carbocycles. The first-order chi connectivity index (χ1) is 11.1. The highest BCUT2D eigenvalue weighted by Gasteiger charge is 2.14. The van der Waals surface area contributed by atoms with Gasteiger partial charge in [-0.3, -0.25) is 10.1 Å². The fourth-order valence-electron chi connectivity index (χ4n) is 1.83. The molecule has 0 saturated carbocycles. The smallest absolute Gasteiger partial charge is 0.258 e. The molecule has 2 heterocycles. The summed E-state index contributed by atoms with van der Waals surface area (Å²) in [5.41, 5.74) is 0.571. The first-order valence-corrected chi connectivity index (χ1v) is 8.54. The summed E-state index contributed by atoms with van der Waals surface area (Å²) in [4.78, 5) is 17.4. The Kier molecular flexibility index (Phi) is 4.68. The standard InChI is InChI=1S/C14H13N5O2S2/c1-8-15-12(21-19-8)7-22-11-6-4-3-5-10(11)13(20)16-14-18-17-9(2)23-14/h3-6H,7H2,1-2H3,(H,16,18,20). The van der Waals surface area contributed by atoms with E-state index >= 15 is 0 Å². The van der Waals surface area contributed by atoms with E-state index in [1.807, 2.05) is 25.1 Å². The number of aromatic nitrogens is 4. The molecule has 0 spiro atoms. The van der Waals surface area contributed by atoms with Crippen molar-refractivity contribution in [1.82, 2.24) is 20.3 Å². The number of carbonyl (C=O) groups excluding carboxylic acids is 1. The van der Waals surface area contributed by atoms with Crippen LogP contribution in [0.3, 0.4) is 0 Å². The average Bonchev–Trinajstić information content (AvgIpc) is 3.14. The number of hydrogen-bond donors (Lipinski definition) is 1. The second-order valence-electron chi connectivity index (χ2n) is 4.60. The van der Waals surface area contributed by atoms with Crippen LogP contribution in [0.1, 0.15) is 27.1 Å². The molecule has 23 heavy (non-hydrogen) atoms. The van der Waals surface area contributed by atoms with E-state index in [1.165, 1.54) is 23.1 Å². The molecule has 0 unspecified atom stereocenters. The lowest BCUT2D eigenvalue weighted by molar-refractivity contribution is 0.102. The van der Waals surface area contributed by atoms with Gasteiger partial charge in [0.2, 0.25) is 11.0 Å². The maximum atomic E-state index is 12.4. The highest BCUT2D eigenvalue weighted by molar-refractivity contribution is 7.98. The van der Waals surface area contributed by atoms with Gasteiger partial charge >= 0.3 is 0 Å². The van der Waals surface area contributed by atoms with Crippen LogP contribution in [0.5, 0.6) is 0 Å². The molecule has 0 saturated heterocycles. The van der Waals surface area contributed by atoms with E-state index in [1.54, 1.807) is 13.0 Å². The van der Waals surface area contributed by atoms with Crippen LogP contribution in [0, 0.1) is 13.8 Å². The highest BCUT2D eigenvalue weighted by atomic mass is 32.2. The molecule has 0 aliphatic carbocycles. The van der Waals surface area contributed by atoms with Gasteiger partial charge in [-0.15, -0.1) is 22.0 Å². The predicted octanol–water partition coefficient (Wildman–Crippen LogP) is 3.08. The molecule has 0 bridgehead atoms. The van der Waals surface area contributed by atoms with Gasteiger partial charge in [-0.1, -0.05) is 28.6 Å². The second kappa shape index (κ2) is 6.88. The Morgan fingerprint density at radius 3 is 2.83 bits per heavy atom. The lowest BCUT2D eigenvalue weighted by atomic mass is 10.2. The average molecular weight is 347 g/mol. The predicted molar refractivity (Wildman–Crippen MR) is 87.6 cm³/mol. The molecule has 3 rings (SSSR count). The summed E-state index contributed by atoms with van der Waals surface area (Å²) in [6, 6.07) is 7.35. The number of aryl methyl sites for hydroxylation is 2. The lowest BCUT2D eigenvalue weighted by Gasteiger charge is -2.07. The zero-order valence-corrected chi connectivity index (χ0v) is 14.1. The molecule has 0 radical (unpaired) electrons. The molecule has 3 aromatic rings. The SMILES string of the molecule is Cc1noc(CSc2ccccc2C(=O)Nc2nnc(C)s2)n1. The van der Waals surface area contributed by atoms with Crippen molar-refractivity contribution in [3.05, 3.63) is 46.6 Å². The summed E-state index contributed by atoms with van der Waals surface area (Å²) in [6.07, 6.45) is 0. The molecule has 1 amide bonds. The number of nitrogens with zero attached hydrogens (tertiary/aromatic N) is 4. The third-order valence-electron chi connectivity index (χ3n) is 2.80. The van der Waals surface area contributed by atoms with Gasteiger partial charge in [0, 0.05) is 4.90 Å². The number of carbonyl (C=O) groups is 1. The molecular weight excluding hydrogens is 334 g/mol. The van der Waals surface area contributed by atoms with Crippen LogP contribution in [-0.4, -0.2) is 26.2 Å². The molecule has 0 aliphatic heterocycles. The van der Waals surface area contributed by atoms with Gasteiger partial charge in [-0.2, -0.15) is 4.98 Å². The highest BCUT2D eigenvalue weighted by Crippen LogP contribution is 2.26. The third-order valence-corrected chi connectivity index (χ3v) is 4.61. The van der Waals surface area contributed by atoms with Gasteiger partial charge in [-0.05, 0) is 26.0 Å². The van der Waals surface area contributed by atoms with Crippen molar-refractivity contribution < 1.29 is 9.32 Å². The monoisotopic (exact) mass is 347 g/mol. The second-order valence-corrected chi connectivity index (χ2v) is 6.80. The first kappa shape index (κ1) is 15.6. The van der Waals surface area contributed by atoms with Crippen molar-refractivity contribution in [2.75, 3.05) is 5.32 Å². The number of anilines is 1. The maximum Gasteiger partial charge on any atom is 0.258 e. The molecule has 118 valence electrons. The normalized spacial score (nSPS) is 10.7. The number of thioether (sulfide) groups is 1. The molecule has 2 aromatic heterocycles. The van der Waals surface area contributed by atoms with Gasteiger partial charge in [-0.25, -0.2) is 0 Å². The van der Waals surface area contributed by atoms with Crippen molar-refractivity contribution in [3.8, 4) is 0 Å². The molecule has 7 nitrogen and oxygen atoms in total. The number of benzene rings is 1. The van der Waals surface area contributed by atoms with Crippen LogP contribution in [0.4, 0.5) is 5.13 Å². The minimum atomic E-state index is -0.217. The van der Waals surface area contributed by atoms with Crippen molar-refractivity contribution in [3.63, 3.8) is 0 Å². The van der Waals surface area contributed by atoms with E-state index in [-0.39, 0.29) is 5.91 Å². The van der Waals surface area contributed by atoms with Crippen molar-refractivity contribution in [2.45, 2.75) is 24.5 Å². The topological polar surface area (TPSA) is 93.8 Å². The van der Waals surface area contributed by atoms with Gasteiger partial charge in [0.15, 0.2) is 5.82 Å². The molecular formula is C14H13N5O2S2. The summed E-state index contributed by atoms with van der Waals surface area (Å²) in [5.74, 6) is 1.41. The Bertz CT molecular complexity index is 830. The maximum absolute atomic E-state index is 12.4. The van der Waals surface area contributed by atoms with E-state index in [0.717, 1.165) is 9.90 Å². The zero-order chi connectivity index (χ0) is 16.2. The summed E-state index contributed by atoms with van der Waals surface area (Å²) >= 11 is 2.80. The third kappa shape index (κ3) is 3.93. The Labute approximate surface area is 140 Å². The van der Waals surface area contributed by atoms with Crippen molar-refractivity contribution >= 4 is 34.1 Å². The van der Waals surface area contributed by atoms with Crippen molar-refractivity contribution in [1.29, 1.82) is 0 Å². The summed E-state index contributed by atoms with van der Waals surface area (Å²) in [7, 11) is 0. The van der Waals surface area contributed by atoms with E-state index in [0.29, 0.717) is 28.2 Å². The van der Waals surface area contributed by atoms with Gasteiger partial charge < -0.3 is 4.52 Å². The number of nitrogens with one attached hydrogen (secondary N) is 1. The summed E-state index contributed by atoms with van der Waals surface area (Å²) in [6.45, 7) is 3.60. The summed E-state index contributed by atoms with van der Waals surface area (Å²) in [5, 5.41) is 15.6. The van der Waals surface area contributed by atoms with Gasteiger partial charge in [0.05, 0.1) is 11.3 Å². The largest absolute Gasteiger partial charge is 0.338 e. The fourth-order valence-corrected chi connectivity index (χ4v) is 3.30. The Hall–Kier alpha value is -2.26. The number of amides is 1. The van der Waals surface area contributed by atoms with Crippen LogP contribution in [0.15, 0.2) is 33.7 Å². The molecule has 0 aliphatic rings. The van der Waals surface area contributed by atoms with Crippen molar-refractivity contribution in [2.24, 2.45) is 0 Å². The Balaban J connectivity index is 1.73. The fraction of sp³-hybridized carbons (Fsp3) is 0.214. The molecule has 0 fully saturated rings. The number of rotatable bonds is 5. The lowest BCUT2D eigenvalue weighted by Crippen LogP contribution is -2.12. The Morgan fingerprint density at radius 2 is 2.13 bits per heavy atom. The van der Waals surface area contributed by atoms with E-state index in [2.05, 4.69) is 25.7 Å². The molecule has 0 atom stereocenters. The van der Waals surface area contributed by atoms with E-state index in [9.17, 15) is 4.79 Å².